The van der Waals surface area contributed by atoms with Crippen LogP contribution in [0.1, 0.15) is 43.7 Å². The van der Waals surface area contributed by atoms with Gasteiger partial charge in [-0.3, -0.25) is 9.59 Å². The van der Waals surface area contributed by atoms with Gasteiger partial charge in [-0.25, -0.2) is 4.39 Å². The molecular weight excluding hydrogens is 355 g/mol. The Kier molecular flexibility index (Phi) is 6.45. The number of hydrogen-bond acceptors (Lipinski definition) is 2. The summed E-state index contributed by atoms with van der Waals surface area (Å²) >= 11 is 0. The molecule has 5 heteroatoms. The van der Waals surface area contributed by atoms with Crippen molar-refractivity contribution in [2.45, 2.75) is 39.0 Å². The summed E-state index contributed by atoms with van der Waals surface area (Å²) in [6.45, 7) is 5.23. The lowest BCUT2D eigenvalue weighted by atomic mass is 9.96. The Morgan fingerprint density at radius 1 is 1.21 bits per heavy atom. The molecule has 1 fully saturated rings. The number of anilines is 1. The summed E-state index contributed by atoms with van der Waals surface area (Å²) in [5.41, 5.74) is 2.93. The van der Waals surface area contributed by atoms with Crippen molar-refractivity contribution < 1.29 is 14.0 Å². The maximum Gasteiger partial charge on any atom is 0.229 e. The monoisotopic (exact) mass is 382 g/mol. The van der Waals surface area contributed by atoms with Crippen molar-refractivity contribution in [3.63, 3.8) is 0 Å². The average Bonchev–Trinajstić information content (AvgIpc) is 3.08. The van der Waals surface area contributed by atoms with Crippen LogP contribution in [0.4, 0.5) is 10.1 Å². The molecule has 1 aliphatic rings. The highest BCUT2D eigenvalue weighted by molar-refractivity contribution is 5.97. The van der Waals surface area contributed by atoms with Crippen molar-refractivity contribution in [3.05, 3.63) is 65.5 Å². The van der Waals surface area contributed by atoms with Gasteiger partial charge in [-0.1, -0.05) is 44.2 Å². The third kappa shape index (κ3) is 4.77. The molecule has 2 amide bonds. The molecule has 2 unspecified atom stereocenters. The maximum absolute atomic E-state index is 13.0. The van der Waals surface area contributed by atoms with Crippen LogP contribution in [0.5, 0.6) is 0 Å². The second kappa shape index (κ2) is 9.00. The predicted molar refractivity (Wildman–Crippen MR) is 109 cm³/mol. The zero-order valence-corrected chi connectivity index (χ0v) is 16.5. The van der Waals surface area contributed by atoms with E-state index in [0.29, 0.717) is 25.4 Å². The van der Waals surface area contributed by atoms with Crippen LogP contribution in [-0.2, 0) is 16.0 Å². The summed E-state index contributed by atoms with van der Waals surface area (Å²) in [5, 5.41) is 3.03. The number of nitrogens with one attached hydrogen (secondary N) is 1. The molecule has 1 aliphatic heterocycles. The summed E-state index contributed by atoms with van der Waals surface area (Å²) in [5.74, 6) is -0.360. The van der Waals surface area contributed by atoms with Gasteiger partial charge < -0.3 is 10.2 Å². The van der Waals surface area contributed by atoms with Crippen LogP contribution in [0, 0.1) is 11.7 Å². The highest BCUT2D eigenvalue weighted by Crippen LogP contribution is 2.28. The number of rotatable bonds is 7. The van der Waals surface area contributed by atoms with E-state index < -0.39 is 0 Å². The van der Waals surface area contributed by atoms with E-state index in [1.807, 2.05) is 24.3 Å². The first-order chi connectivity index (χ1) is 13.5. The Morgan fingerprint density at radius 2 is 1.93 bits per heavy atom. The molecule has 0 aromatic heterocycles. The van der Waals surface area contributed by atoms with Crippen molar-refractivity contribution in [2.24, 2.45) is 5.92 Å². The molecule has 148 valence electrons. The largest absolute Gasteiger partial charge is 0.342 e. The number of amides is 2. The van der Waals surface area contributed by atoms with E-state index in [1.54, 1.807) is 17.0 Å². The molecular formula is C23H27FN2O2. The summed E-state index contributed by atoms with van der Waals surface area (Å²) in [7, 11) is 0. The fourth-order valence-electron chi connectivity index (χ4n) is 3.57. The minimum Gasteiger partial charge on any atom is -0.342 e. The van der Waals surface area contributed by atoms with E-state index in [1.165, 1.54) is 12.1 Å². The van der Waals surface area contributed by atoms with Gasteiger partial charge in [0.2, 0.25) is 11.8 Å². The third-order valence-corrected chi connectivity index (χ3v) is 5.53. The summed E-state index contributed by atoms with van der Waals surface area (Å²) in [6.07, 6.45) is 1.88. The molecule has 2 atom stereocenters. The zero-order valence-electron chi connectivity index (χ0n) is 16.5. The summed E-state index contributed by atoms with van der Waals surface area (Å²) in [6, 6.07) is 14.2. The van der Waals surface area contributed by atoms with Gasteiger partial charge in [-0.15, -0.1) is 0 Å². The van der Waals surface area contributed by atoms with E-state index >= 15 is 0 Å². The number of para-hydroxylation sites is 1. The van der Waals surface area contributed by atoms with Gasteiger partial charge in [0.05, 0.1) is 5.92 Å². The number of benzene rings is 2. The molecule has 4 nitrogen and oxygen atoms in total. The second-order valence-corrected chi connectivity index (χ2v) is 7.50. The van der Waals surface area contributed by atoms with Crippen LogP contribution in [0.15, 0.2) is 48.5 Å². The normalized spacial score (nSPS) is 17.6. The Morgan fingerprint density at radius 3 is 2.64 bits per heavy atom. The maximum atomic E-state index is 13.0. The molecule has 0 saturated carbocycles. The first-order valence-corrected chi connectivity index (χ1v) is 9.90. The molecule has 1 N–H and O–H groups in total. The lowest BCUT2D eigenvalue weighted by Crippen LogP contribution is -2.30. The van der Waals surface area contributed by atoms with Gasteiger partial charge in [0.1, 0.15) is 5.82 Å². The SMILES string of the molecule is CCC(C)c1ccccc1NC(=O)C1CC(=O)N(CCc2ccc(F)cc2)C1. The molecule has 0 bridgehead atoms. The minimum absolute atomic E-state index is 0.00234. The number of carbonyl (C=O) groups is 2. The van der Waals surface area contributed by atoms with Crippen molar-refractivity contribution in [1.29, 1.82) is 0 Å². The third-order valence-electron chi connectivity index (χ3n) is 5.53. The van der Waals surface area contributed by atoms with Crippen LogP contribution in [0.2, 0.25) is 0 Å². The van der Waals surface area contributed by atoms with E-state index in [2.05, 4.69) is 19.2 Å². The molecule has 1 saturated heterocycles. The highest BCUT2D eigenvalue weighted by Gasteiger charge is 2.34. The van der Waals surface area contributed by atoms with Gasteiger partial charge >= 0.3 is 0 Å². The van der Waals surface area contributed by atoms with E-state index in [4.69, 9.17) is 0 Å². The molecule has 0 radical (unpaired) electrons. The van der Waals surface area contributed by atoms with Crippen LogP contribution >= 0.6 is 0 Å². The molecule has 2 aromatic carbocycles. The topological polar surface area (TPSA) is 49.4 Å². The standard InChI is InChI=1S/C23H27FN2O2/c1-3-16(2)20-6-4-5-7-21(20)25-23(28)18-14-22(27)26(15-18)13-12-17-8-10-19(24)11-9-17/h4-11,16,18H,3,12-15H2,1-2H3,(H,25,28). The Labute approximate surface area is 165 Å². The Hall–Kier alpha value is -2.69. The molecule has 0 spiro atoms. The average molecular weight is 382 g/mol. The molecule has 28 heavy (non-hydrogen) atoms. The van der Waals surface area contributed by atoms with E-state index in [9.17, 15) is 14.0 Å². The molecule has 1 heterocycles. The number of carbonyl (C=O) groups excluding carboxylic acids is 2. The fourth-order valence-corrected chi connectivity index (χ4v) is 3.57. The van der Waals surface area contributed by atoms with E-state index in [0.717, 1.165) is 23.2 Å². The molecule has 0 aliphatic carbocycles. The predicted octanol–water partition coefficient (Wildman–Crippen LogP) is 4.37. The van der Waals surface area contributed by atoms with Crippen LogP contribution in [0.3, 0.4) is 0 Å². The quantitative estimate of drug-likeness (QED) is 0.773. The molecule has 3 rings (SSSR count). The van der Waals surface area contributed by atoms with Gasteiger partial charge in [0, 0.05) is 25.2 Å². The minimum atomic E-state index is -0.342. The number of hydrogen-bond donors (Lipinski definition) is 1. The van der Waals surface area contributed by atoms with Gasteiger partial charge in [-0.2, -0.15) is 0 Å². The lowest BCUT2D eigenvalue weighted by molar-refractivity contribution is -0.128. The highest BCUT2D eigenvalue weighted by atomic mass is 19.1. The van der Waals surface area contributed by atoms with Crippen LogP contribution in [0.25, 0.3) is 0 Å². The summed E-state index contributed by atoms with van der Waals surface area (Å²) in [4.78, 5) is 26.8. The second-order valence-electron chi connectivity index (χ2n) is 7.50. The fraction of sp³-hybridized carbons (Fsp3) is 0.391. The van der Waals surface area contributed by atoms with Crippen LogP contribution < -0.4 is 5.32 Å². The van der Waals surface area contributed by atoms with Crippen molar-refractivity contribution >= 4 is 17.5 Å². The number of likely N-dealkylation sites (tertiary alicyclic amines) is 1. The number of halogens is 1. The van der Waals surface area contributed by atoms with Crippen molar-refractivity contribution in [3.8, 4) is 0 Å². The smallest absolute Gasteiger partial charge is 0.229 e. The number of nitrogens with zero attached hydrogens (tertiary/aromatic N) is 1. The van der Waals surface area contributed by atoms with Crippen LogP contribution in [-0.4, -0.2) is 29.8 Å². The zero-order chi connectivity index (χ0) is 20.1. The Balaban J connectivity index is 1.59. The van der Waals surface area contributed by atoms with Crippen molar-refractivity contribution in [1.82, 2.24) is 4.90 Å². The lowest BCUT2D eigenvalue weighted by Gasteiger charge is -2.18. The van der Waals surface area contributed by atoms with Crippen molar-refractivity contribution in [2.75, 3.05) is 18.4 Å². The van der Waals surface area contributed by atoms with E-state index in [-0.39, 0.29) is 30.0 Å². The summed E-state index contributed by atoms with van der Waals surface area (Å²) < 4.78 is 13.0. The van der Waals surface area contributed by atoms with Gasteiger partial charge in [-0.05, 0) is 48.1 Å². The first kappa shape index (κ1) is 20.1. The Bertz CT molecular complexity index is 835. The van der Waals surface area contributed by atoms with Gasteiger partial charge in [0.25, 0.3) is 0 Å². The first-order valence-electron chi connectivity index (χ1n) is 9.90. The van der Waals surface area contributed by atoms with Gasteiger partial charge in [0.15, 0.2) is 0 Å². The molecule has 2 aromatic rings.